The van der Waals surface area contributed by atoms with Gasteiger partial charge in [-0.3, -0.25) is 4.79 Å². The van der Waals surface area contributed by atoms with E-state index in [4.69, 9.17) is 5.73 Å². The maximum Gasteiger partial charge on any atom is 0.573 e. The van der Waals surface area contributed by atoms with Gasteiger partial charge in [-0.2, -0.15) is 0 Å². The molecule has 2 aromatic carbocycles. The average molecular weight is 339 g/mol. The number of nitrogens with two attached hydrogens (primary N) is 1. The molecule has 4 nitrogen and oxygen atoms in total. The second-order valence-electron chi connectivity index (χ2n) is 5.10. The van der Waals surface area contributed by atoms with Crippen LogP contribution in [0.1, 0.15) is 5.56 Å². The maximum absolute atomic E-state index is 12.1. The molecular formula is C17H16F3NO3. The zero-order valence-corrected chi connectivity index (χ0v) is 12.8. The fourth-order valence-corrected chi connectivity index (χ4v) is 2.17. The minimum absolute atomic E-state index is 0.271. The van der Waals surface area contributed by atoms with Gasteiger partial charge in [0.25, 0.3) is 0 Å². The van der Waals surface area contributed by atoms with Crippen molar-refractivity contribution in [1.82, 2.24) is 0 Å². The van der Waals surface area contributed by atoms with E-state index in [1.54, 1.807) is 24.3 Å². The van der Waals surface area contributed by atoms with Crippen molar-refractivity contribution in [3.8, 4) is 16.9 Å². The molecule has 0 amide bonds. The van der Waals surface area contributed by atoms with Crippen LogP contribution in [-0.2, 0) is 16.0 Å². The molecule has 2 aromatic rings. The number of alkyl halides is 3. The highest BCUT2D eigenvalue weighted by molar-refractivity contribution is 5.75. The van der Waals surface area contributed by atoms with E-state index >= 15 is 0 Å². The van der Waals surface area contributed by atoms with E-state index in [0.717, 1.165) is 16.7 Å². The fraction of sp³-hybridized carbons (Fsp3) is 0.235. The molecule has 0 aliphatic carbocycles. The first-order valence-corrected chi connectivity index (χ1v) is 7.07. The number of halogens is 3. The summed E-state index contributed by atoms with van der Waals surface area (Å²) in [5.74, 6) is -0.758. The molecule has 0 saturated heterocycles. The van der Waals surface area contributed by atoms with E-state index in [1.165, 1.54) is 31.4 Å². The molecule has 0 aromatic heterocycles. The van der Waals surface area contributed by atoms with Crippen LogP contribution in [-0.4, -0.2) is 25.5 Å². The van der Waals surface area contributed by atoms with E-state index < -0.39 is 18.4 Å². The molecule has 24 heavy (non-hydrogen) atoms. The van der Waals surface area contributed by atoms with Crippen LogP contribution in [0, 0.1) is 0 Å². The third-order valence-electron chi connectivity index (χ3n) is 3.33. The lowest BCUT2D eigenvalue weighted by Crippen LogP contribution is -2.33. The van der Waals surface area contributed by atoms with Crippen LogP contribution in [0.3, 0.4) is 0 Å². The van der Waals surface area contributed by atoms with Crippen LogP contribution < -0.4 is 10.5 Å². The van der Waals surface area contributed by atoms with Gasteiger partial charge >= 0.3 is 12.3 Å². The molecule has 0 bridgehead atoms. The lowest BCUT2D eigenvalue weighted by atomic mass is 10.0. The highest BCUT2D eigenvalue weighted by Crippen LogP contribution is 2.26. The van der Waals surface area contributed by atoms with Crippen molar-refractivity contribution in [3.63, 3.8) is 0 Å². The van der Waals surface area contributed by atoms with Crippen molar-refractivity contribution < 1.29 is 27.4 Å². The maximum atomic E-state index is 12.1. The van der Waals surface area contributed by atoms with Crippen molar-refractivity contribution in [2.45, 2.75) is 18.8 Å². The summed E-state index contributed by atoms with van der Waals surface area (Å²) in [5.41, 5.74) is 8.12. The van der Waals surface area contributed by atoms with Crippen molar-refractivity contribution in [2.75, 3.05) is 7.11 Å². The number of ether oxygens (including phenoxy) is 2. The molecule has 0 saturated carbocycles. The van der Waals surface area contributed by atoms with Crippen molar-refractivity contribution in [2.24, 2.45) is 5.73 Å². The standard InChI is InChI=1S/C17H16F3NO3/c1-23-16(22)15(21)10-11-2-4-12(5-3-11)13-6-8-14(9-7-13)24-17(18,19)20/h2-9,15H,10,21H2,1H3. The van der Waals surface area contributed by atoms with Crippen LogP contribution in [0.25, 0.3) is 11.1 Å². The number of benzene rings is 2. The molecule has 0 radical (unpaired) electrons. The normalized spacial score (nSPS) is 12.5. The van der Waals surface area contributed by atoms with E-state index in [9.17, 15) is 18.0 Å². The van der Waals surface area contributed by atoms with Crippen LogP contribution in [0.15, 0.2) is 48.5 Å². The van der Waals surface area contributed by atoms with Crippen LogP contribution in [0.4, 0.5) is 13.2 Å². The SMILES string of the molecule is COC(=O)C(N)Cc1ccc(-c2ccc(OC(F)(F)F)cc2)cc1. The smallest absolute Gasteiger partial charge is 0.468 e. The Morgan fingerprint density at radius 2 is 1.54 bits per heavy atom. The number of hydrogen-bond donors (Lipinski definition) is 1. The Morgan fingerprint density at radius 1 is 1.04 bits per heavy atom. The Balaban J connectivity index is 2.06. The number of rotatable bonds is 5. The Kier molecular flexibility index (Phi) is 5.46. The zero-order chi connectivity index (χ0) is 17.7. The molecule has 0 aliphatic heterocycles. The van der Waals surface area contributed by atoms with Gasteiger partial charge in [-0.25, -0.2) is 0 Å². The summed E-state index contributed by atoms with van der Waals surface area (Å²) in [6, 6.07) is 12.1. The second kappa shape index (κ2) is 7.35. The first kappa shape index (κ1) is 17.8. The Labute approximate surface area is 137 Å². The average Bonchev–Trinajstić information content (AvgIpc) is 2.54. The van der Waals surface area contributed by atoms with Gasteiger partial charge in [-0.05, 0) is 35.2 Å². The second-order valence-corrected chi connectivity index (χ2v) is 5.10. The van der Waals surface area contributed by atoms with E-state index in [0.29, 0.717) is 6.42 Å². The predicted molar refractivity (Wildman–Crippen MR) is 82.3 cm³/mol. The summed E-state index contributed by atoms with van der Waals surface area (Å²) in [6.45, 7) is 0. The Morgan fingerprint density at radius 3 is 2.00 bits per heavy atom. The molecule has 0 heterocycles. The summed E-state index contributed by atoms with van der Waals surface area (Å²) < 4.78 is 44.8. The minimum atomic E-state index is -4.71. The van der Waals surface area contributed by atoms with Gasteiger partial charge in [-0.1, -0.05) is 36.4 Å². The number of hydrogen-bond acceptors (Lipinski definition) is 4. The van der Waals surface area contributed by atoms with Gasteiger partial charge in [0.15, 0.2) is 0 Å². The molecule has 1 unspecified atom stereocenters. The molecule has 1 atom stereocenters. The summed E-state index contributed by atoms with van der Waals surface area (Å²) in [5, 5.41) is 0. The van der Waals surface area contributed by atoms with E-state index in [-0.39, 0.29) is 5.75 Å². The van der Waals surface area contributed by atoms with Crippen LogP contribution >= 0.6 is 0 Å². The molecule has 0 spiro atoms. The largest absolute Gasteiger partial charge is 0.573 e. The van der Waals surface area contributed by atoms with Crippen LogP contribution in [0.5, 0.6) is 5.75 Å². The summed E-state index contributed by atoms with van der Waals surface area (Å²) in [6.07, 6.45) is -4.37. The highest BCUT2D eigenvalue weighted by atomic mass is 19.4. The minimum Gasteiger partial charge on any atom is -0.468 e. The van der Waals surface area contributed by atoms with Gasteiger partial charge in [-0.15, -0.1) is 13.2 Å². The molecule has 2 N–H and O–H groups in total. The topological polar surface area (TPSA) is 61.5 Å². The zero-order valence-electron chi connectivity index (χ0n) is 12.8. The first-order valence-electron chi connectivity index (χ1n) is 7.07. The van der Waals surface area contributed by atoms with E-state index in [1.807, 2.05) is 0 Å². The quantitative estimate of drug-likeness (QED) is 0.849. The predicted octanol–water partition coefficient (Wildman–Crippen LogP) is 3.30. The van der Waals surface area contributed by atoms with Crippen molar-refractivity contribution >= 4 is 5.97 Å². The molecular weight excluding hydrogens is 323 g/mol. The Hall–Kier alpha value is -2.54. The van der Waals surface area contributed by atoms with Crippen LogP contribution in [0.2, 0.25) is 0 Å². The first-order chi connectivity index (χ1) is 11.3. The molecule has 0 aliphatic rings. The van der Waals surface area contributed by atoms with Crippen molar-refractivity contribution in [3.05, 3.63) is 54.1 Å². The lowest BCUT2D eigenvalue weighted by Gasteiger charge is -2.11. The van der Waals surface area contributed by atoms with Gasteiger partial charge in [0.05, 0.1) is 7.11 Å². The van der Waals surface area contributed by atoms with Gasteiger partial charge < -0.3 is 15.2 Å². The number of carbonyl (C=O) groups excluding carboxylic acids is 1. The van der Waals surface area contributed by atoms with Gasteiger partial charge in [0.1, 0.15) is 11.8 Å². The number of carbonyl (C=O) groups is 1. The molecule has 128 valence electrons. The summed E-state index contributed by atoms with van der Waals surface area (Å²) >= 11 is 0. The lowest BCUT2D eigenvalue weighted by molar-refractivity contribution is -0.274. The molecule has 2 rings (SSSR count). The van der Waals surface area contributed by atoms with Crippen molar-refractivity contribution in [1.29, 1.82) is 0 Å². The highest BCUT2D eigenvalue weighted by Gasteiger charge is 2.30. The summed E-state index contributed by atoms with van der Waals surface area (Å²) in [7, 11) is 1.28. The third-order valence-corrected chi connectivity index (χ3v) is 3.33. The summed E-state index contributed by atoms with van der Waals surface area (Å²) in [4.78, 5) is 11.3. The monoisotopic (exact) mass is 339 g/mol. The number of methoxy groups -OCH3 is 1. The Bertz CT molecular complexity index is 682. The van der Waals surface area contributed by atoms with E-state index in [2.05, 4.69) is 9.47 Å². The number of esters is 1. The third kappa shape index (κ3) is 4.99. The van der Waals surface area contributed by atoms with Gasteiger partial charge in [0.2, 0.25) is 0 Å². The van der Waals surface area contributed by atoms with Gasteiger partial charge in [0, 0.05) is 0 Å². The molecule has 0 fully saturated rings. The molecule has 7 heteroatoms. The fourth-order valence-electron chi connectivity index (χ4n) is 2.17.